The van der Waals surface area contributed by atoms with Crippen LogP contribution < -0.4 is 5.73 Å². The molecule has 1 atom stereocenters. The van der Waals surface area contributed by atoms with Crippen molar-refractivity contribution in [2.24, 2.45) is 5.73 Å². The third kappa shape index (κ3) is 2.52. The zero-order valence-electron chi connectivity index (χ0n) is 7.40. The minimum absolute atomic E-state index is 0.0985. The molecule has 13 heavy (non-hydrogen) atoms. The smallest absolute Gasteiger partial charge is 0.305 e. The average Bonchev–Trinajstić information content (AvgIpc) is 2.04. The summed E-state index contributed by atoms with van der Waals surface area (Å²) in [5.41, 5.74) is 5.70. The highest BCUT2D eigenvalue weighted by Crippen LogP contribution is 2.19. The first-order chi connectivity index (χ1) is 6.02. The van der Waals surface area contributed by atoms with Crippen molar-refractivity contribution in [1.29, 1.82) is 0 Å². The van der Waals surface area contributed by atoms with Crippen LogP contribution in [0.3, 0.4) is 0 Å². The van der Waals surface area contributed by atoms with Crippen LogP contribution in [0.1, 0.15) is 18.9 Å². The molecule has 0 bridgehead atoms. The number of carboxylic acid groups (broad SMARTS) is 1. The van der Waals surface area contributed by atoms with Gasteiger partial charge in [0.25, 0.3) is 0 Å². The van der Waals surface area contributed by atoms with Crippen molar-refractivity contribution in [3.63, 3.8) is 0 Å². The van der Waals surface area contributed by atoms with Crippen molar-refractivity contribution in [3.05, 3.63) is 30.1 Å². The highest BCUT2D eigenvalue weighted by molar-refractivity contribution is 5.68. The van der Waals surface area contributed by atoms with Crippen LogP contribution in [-0.2, 0) is 10.3 Å². The van der Waals surface area contributed by atoms with Gasteiger partial charge in [-0.1, -0.05) is 6.07 Å². The second-order valence-corrected chi connectivity index (χ2v) is 3.23. The first-order valence-electron chi connectivity index (χ1n) is 3.93. The first kappa shape index (κ1) is 9.67. The molecule has 70 valence electrons. The van der Waals surface area contributed by atoms with Crippen LogP contribution in [0.25, 0.3) is 0 Å². The SMILES string of the molecule is C[C@](N)(CC(=O)O)c1cccnc1. The summed E-state index contributed by atoms with van der Waals surface area (Å²) >= 11 is 0. The highest BCUT2D eigenvalue weighted by atomic mass is 16.4. The quantitative estimate of drug-likeness (QED) is 0.719. The van der Waals surface area contributed by atoms with Crippen molar-refractivity contribution in [2.75, 3.05) is 0 Å². The van der Waals surface area contributed by atoms with Gasteiger partial charge in [0.15, 0.2) is 0 Å². The molecule has 0 saturated heterocycles. The standard InChI is InChI=1S/C9H12N2O2/c1-9(10,5-8(12)13)7-3-2-4-11-6-7/h2-4,6H,5,10H2,1H3,(H,12,13)/t9-/m0/s1. The van der Waals surface area contributed by atoms with E-state index in [1.54, 1.807) is 31.5 Å². The van der Waals surface area contributed by atoms with Gasteiger partial charge in [0.05, 0.1) is 12.0 Å². The van der Waals surface area contributed by atoms with Gasteiger partial charge in [-0.15, -0.1) is 0 Å². The molecule has 0 fully saturated rings. The zero-order chi connectivity index (χ0) is 9.90. The fourth-order valence-corrected chi connectivity index (χ4v) is 1.12. The second kappa shape index (κ2) is 3.53. The number of rotatable bonds is 3. The predicted octanol–water partition coefficient (Wildman–Crippen LogP) is 0.730. The largest absolute Gasteiger partial charge is 0.481 e. The van der Waals surface area contributed by atoms with Crippen molar-refractivity contribution in [1.82, 2.24) is 4.98 Å². The topological polar surface area (TPSA) is 76.2 Å². The van der Waals surface area contributed by atoms with Crippen molar-refractivity contribution in [2.45, 2.75) is 18.9 Å². The van der Waals surface area contributed by atoms with Crippen LogP contribution in [-0.4, -0.2) is 16.1 Å². The highest BCUT2D eigenvalue weighted by Gasteiger charge is 2.24. The van der Waals surface area contributed by atoms with Gasteiger partial charge in [0, 0.05) is 12.4 Å². The van der Waals surface area contributed by atoms with Gasteiger partial charge in [0.1, 0.15) is 0 Å². The molecule has 0 spiro atoms. The molecule has 0 aliphatic heterocycles. The number of hydrogen-bond donors (Lipinski definition) is 2. The number of aliphatic carboxylic acids is 1. The Morgan fingerprint density at radius 1 is 1.77 bits per heavy atom. The van der Waals surface area contributed by atoms with Gasteiger partial charge >= 0.3 is 5.97 Å². The normalized spacial score (nSPS) is 14.9. The lowest BCUT2D eigenvalue weighted by atomic mass is 9.91. The molecule has 1 heterocycles. The lowest BCUT2D eigenvalue weighted by Crippen LogP contribution is -2.35. The maximum Gasteiger partial charge on any atom is 0.305 e. The third-order valence-electron chi connectivity index (χ3n) is 1.84. The molecule has 0 aliphatic carbocycles. The minimum atomic E-state index is -0.908. The summed E-state index contributed by atoms with van der Waals surface area (Å²) in [6.07, 6.45) is 3.11. The number of carboxylic acids is 1. The number of pyridine rings is 1. The van der Waals surface area contributed by atoms with E-state index in [9.17, 15) is 4.79 Å². The lowest BCUT2D eigenvalue weighted by molar-refractivity contribution is -0.138. The summed E-state index contributed by atoms with van der Waals surface area (Å²) in [4.78, 5) is 14.4. The van der Waals surface area contributed by atoms with Crippen LogP contribution in [0, 0.1) is 0 Å². The molecule has 3 N–H and O–H groups in total. The minimum Gasteiger partial charge on any atom is -0.481 e. The molecular weight excluding hydrogens is 168 g/mol. The number of carbonyl (C=O) groups is 1. The van der Waals surface area contributed by atoms with Crippen LogP contribution in [0.15, 0.2) is 24.5 Å². The number of nitrogens with zero attached hydrogens (tertiary/aromatic N) is 1. The Morgan fingerprint density at radius 3 is 2.92 bits per heavy atom. The van der Waals surface area contributed by atoms with E-state index in [1.165, 1.54) is 0 Å². The molecule has 0 aliphatic rings. The zero-order valence-corrected chi connectivity index (χ0v) is 7.40. The van der Waals surface area contributed by atoms with Gasteiger partial charge in [-0.3, -0.25) is 9.78 Å². The van der Waals surface area contributed by atoms with Gasteiger partial charge in [-0.2, -0.15) is 0 Å². The Labute approximate surface area is 76.4 Å². The van der Waals surface area contributed by atoms with E-state index < -0.39 is 11.5 Å². The Morgan fingerprint density at radius 2 is 2.46 bits per heavy atom. The van der Waals surface area contributed by atoms with Gasteiger partial charge in [-0.25, -0.2) is 0 Å². The van der Waals surface area contributed by atoms with Crippen molar-refractivity contribution >= 4 is 5.97 Å². The van der Waals surface area contributed by atoms with Crippen LogP contribution in [0.4, 0.5) is 0 Å². The molecular formula is C9H12N2O2. The molecule has 4 heteroatoms. The summed E-state index contributed by atoms with van der Waals surface area (Å²) in [6, 6.07) is 3.51. The fraction of sp³-hybridized carbons (Fsp3) is 0.333. The van der Waals surface area contributed by atoms with Gasteiger partial charge in [0.2, 0.25) is 0 Å². The molecule has 0 amide bonds. The number of hydrogen-bond acceptors (Lipinski definition) is 3. The molecule has 0 saturated carbocycles. The van der Waals surface area contributed by atoms with E-state index in [4.69, 9.17) is 10.8 Å². The second-order valence-electron chi connectivity index (χ2n) is 3.23. The monoisotopic (exact) mass is 180 g/mol. The molecule has 0 aromatic carbocycles. The van der Waals surface area contributed by atoms with E-state index in [0.29, 0.717) is 0 Å². The van der Waals surface area contributed by atoms with E-state index in [2.05, 4.69) is 4.98 Å². The maximum absolute atomic E-state index is 10.5. The molecule has 4 nitrogen and oxygen atoms in total. The van der Waals surface area contributed by atoms with Crippen molar-refractivity contribution in [3.8, 4) is 0 Å². The predicted molar refractivity (Wildman–Crippen MR) is 48.0 cm³/mol. The van der Waals surface area contributed by atoms with E-state index in [1.807, 2.05) is 0 Å². The Kier molecular flexibility index (Phi) is 2.63. The molecule has 1 aromatic heterocycles. The molecule has 0 unspecified atom stereocenters. The van der Waals surface area contributed by atoms with E-state index in [-0.39, 0.29) is 6.42 Å². The summed E-state index contributed by atoms with van der Waals surface area (Å²) in [7, 11) is 0. The first-order valence-corrected chi connectivity index (χ1v) is 3.93. The summed E-state index contributed by atoms with van der Waals surface area (Å²) in [5.74, 6) is -0.908. The van der Waals surface area contributed by atoms with Crippen LogP contribution in [0.2, 0.25) is 0 Å². The summed E-state index contributed by atoms with van der Waals surface area (Å²) in [6.45, 7) is 1.68. The van der Waals surface area contributed by atoms with Gasteiger partial charge < -0.3 is 10.8 Å². The number of aromatic nitrogens is 1. The van der Waals surface area contributed by atoms with Crippen molar-refractivity contribution < 1.29 is 9.90 Å². The lowest BCUT2D eigenvalue weighted by Gasteiger charge is -2.22. The summed E-state index contributed by atoms with van der Waals surface area (Å²) in [5, 5.41) is 8.61. The molecule has 1 rings (SSSR count). The third-order valence-corrected chi connectivity index (χ3v) is 1.84. The number of nitrogens with two attached hydrogens (primary N) is 1. The Bertz CT molecular complexity index is 296. The van der Waals surface area contributed by atoms with E-state index >= 15 is 0 Å². The van der Waals surface area contributed by atoms with Gasteiger partial charge in [-0.05, 0) is 18.6 Å². The molecule has 1 aromatic rings. The van der Waals surface area contributed by atoms with Crippen LogP contribution in [0.5, 0.6) is 0 Å². The van der Waals surface area contributed by atoms with E-state index in [0.717, 1.165) is 5.56 Å². The average molecular weight is 180 g/mol. The summed E-state index contributed by atoms with van der Waals surface area (Å²) < 4.78 is 0. The fourth-order valence-electron chi connectivity index (χ4n) is 1.12. The molecule has 0 radical (unpaired) electrons. The Hall–Kier alpha value is -1.42. The van der Waals surface area contributed by atoms with Crippen LogP contribution >= 0.6 is 0 Å². The maximum atomic E-state index is 10.5. The Balaban J connectivity index is 2.87.